The Labute approximate surface area is 86.9 Å². The van der Waals surface area contributed by atoms with Gasteiger partial charge in [0.25, 0.3) is 10.2 Å². The van der Waals surface area contributed by atoms with Gasteiger partial charge in [0.05, 0.1) is 0 Å². The van der Waals surface area contributed by atoms with Gasteiger partial charge in [0.1, 0.15) is 0 Å². The van der Waals surface area contributed by atoms with Crippen LogP contribution in [0, 0.1) is 3.57 Å². The molecule has 0 radical (unpaired) electrons. The highest BCUT2D eigenvalue weighted by atomic mass is 127. The van der Waals surface area contributed by atoms with E-state index in [0.717, 1.165) is 3.57 Å². The molecular formula is C6H9IN2O3S. The molecule has 7 heteroatoms. The maximum atomic E-state index is 10.2. The maximum absolute atomic E-state index is 10.2. The largest absolute Gasteiger partial charge is 0.271 e. The highest BCUT2D eigenvalue weighted by Gasteiger charge is 1.81. The van der Waals surface area contributed by atoms with Crippen molar-refractivity contribution in [1.82, 2.24) is 0 Å². The Balaban J connectivity index is 0.000000252. The van der Waals surface area contributed by atoms with Gasteiger partial charge in [-0.1, -0.05) is 18.2 Å². The standard InChI is InChI=1S/C6H5IO.H4N2O2S/c8-7-6-4-2-1-3-5-6;1-5(2,3)4/h1-5H;(H4,1,2,3,4). The Kier molecular flexibility index (Phi) is 5.95. The van der Waals surface area contributed by atoms with Crippen molar-refractivity contribution in [3.63, 3.8) is 0 Å². The molecule has 0 fully saturated rings. The van der Waals surface area contributed by atoms with E-state index in [1.54, 1.807) is 0 Å². The summed E-state index contributed by atoms with van der Waals surface area (Å²) in [6, 6.07) is 9.46. The third-order valence-corrected chi connectivity index (χ3v) is 2.05. The zero-order valence-corrected chi connectivity index (χ0v) is 9.53. The fraction of sp³-hybridized carbons (Fsp3) is 0. The fourth-order valence-corrected chi connectivity index (χ4v) is 1.17. The van der Waals surface area contributed by atoms with Gasteiger partial charge < -0.3 is 0 Å². The first-order chi connectivity index (χ1) is 5.93. The predicted molar refractivity (Wildman–Crippen MR) is 57.1 cm³/mol. The molecule has 0 aliphatic carbocycles. The van der Waals surface area contributed by atoms with Gasteiger partial charge in [-0.25, -0.2) is 10.3 Å². The molecule has 0 aliphatic heterocycles. The minimum Gasteiger partial charge on any atom is -0.265 e. The third kappa shape index (κ3) is 11.6. The Morgan fingerprint density at radius 2 is 1.46 bits per heavy atom. The Morgan fingerprint density at radius 3 is 1.69 bits per heavy atom. The van der Waals surface area contributed by atoms with Crippen LogP contribution in [0.25, 0.3) is 0 Å². The topological polar surface area (TPSA) is 103 Å². The lowest BCUT2D eigenvalue weighted by Crippen LogP contribution is -2.21. The lowest BCUT2D eigenvalue weighted by Gasteiger charge is -1.80. The molecule has 0 amide bonds. The molecule has 0 unspecified atom stereocenters. The second kappa shape index (κ2) is 6.13. The van der Waals surface area contributed by atoms with Gasteiger partial charge in [0, 0.05) is 3.57 Å². The maximum Gasteiger partial charge on any atom is 0.271 e. The number of hydrogen-bond acceptors (Lipinski definition) is 3. The first-order valence-electron chi connectivity index (χ1n) is 3.06. The van der Waals surface area contributed by atoms with E-state index < -0.39 is 31.4 Å². The van der Waals surface area contributed by atoms with Crippen LogP contribution >= 0.6 is 21.2 Å². The van der Waals surface area contributed by atoms with Crippen LogP contribution in [0.3, 0.4) is 0 Å². The van der Waals surface area contributed by atoms with Crippen LogP contribution in [0.5, 0.6) is 0 Å². The fourth-order valence-electron chi connectivity index (χ4n) is 0.466. The number of rotatable bonds is 1. The molecule has 0 bridgehead atoms. The van der Waals surface area contributed by atoms with Gasteiger partial charge in [-0.3, -0.25) is 3.07 Å². The van der Waals surface area contributed by atoms with E-state index in [2.05, 4.69) is 10.3 Å². The van der Waals surface area contributed by atoms with Crippen molar-refractivity contribution >= 4 is 31.4 Å². The lowest BCUT2D eigenvalue weighted by atomic mass is 10.4. The summed E-state index contributed by atoms with van der Waals surface area (Å²) in [4.78, 5) is 0. The van der Waals surface area contributed by atoms with E-state index in [1.165, 1.54) is 0 Å². The summed E-state index contributed by atoms with van der Waals surface area (Å²) in [5, 5.41) is 8.21. The molecule has 0 spiro atoms. The van der Waals surface area contributed by atoms with E-state index >= 15 is 0 Å². The summed E-state index contributed by atoms with van der Waals surface area (Å²) >= 11 is -0.941. The molecule has 1 aromatic carbocycles. The van der Waals surface area contributed by atoms with E-state index in [1.807, 2.05) is 30.3 Å². The molecule has 0 atom stereocenters. The van der Waals surface area contributed by atoms with Crippen LogP contribution in [0.4, 0.5) is 0 Å². The molecule has 13 heavy (non-hydrogen) atoms. The zero-order chi connectivity index (χ0) is 10.3. The molecule has 0 aromatic heterocycles. The van der Waals surface area contributed by atoms with Gasteiger partial charge in [0.2, 0.25) is 0 Å². The summed E-state index contributed by atoms with van der Waals surface area (Å²) in [6.07, 6.45) is 0. The van der Waals surface area contributed by atoms with Crippen LogP contribution in [-0.4, -0.2) is 8.42 Å². The first kappa shape index (κ1) is 12.6. The van der Waals surface area contributed by atoms with Crippen LogP contribution in [0.15, 0.2) is 30.3 Å². The Hall–Kier alpha value is -0.380. The highest BCUT2D eigenvalue weighted by Crippen LogP contribution is 2.06. The number of halogens is 1. The van der Waals surface area contributed by atoms with Crippen LogP contribution < -0.4 is 10.3 Å². The first-order valence-corrected chi connectivity index (χ1v) is 6.63. The van der Waals surface area contributed by atoms with Crippen molar-refractivity contribution in [3.05, 3.63) is 33.9 Å². The average Bonchev–Trinajstić information content (AvgIpc) is 2.03. The average molecular weight is 316 g/mol. The Morgan fingerprint density at radius 1 is 1.08 bits per heavy atom. The summed E-state index contributed by atoms with van der Waals surface area (Å²) in [7, 11) is -3.67. The summed E-state index contributed by atoms with van der Waals surface area (Å²) in [6.45, 7) is 0. The zero-order valence-electron chi connectivity index (χ0n) is 6.55. The lowest BCUT2D eigenvalue weighted by molar-refractivity contribution is 0.599. The van der Waals surface area contributed by atoms with Gasteiger partial charge in [-0.15, -0.1) is 0 Å². The summed E-state index contributed by atoms with van der Waals surface area (Å²) in [5.74, 6) is 0. The Bertz CT molecular complexity index is 343. The molecule has 1 rings (SSSR count). The van der Waals surface area contributed by atoms with Crippen LogP contribution in [0.1, 0.15) is 0 Å². The molecule has 0 heterocycles. The predicted octanol–water partition coefficient (Wildman–Crippen LogP) is 0.321. The van der Waals surface area contributed by atoms with Gasteiger partial charge in [-0.05, 0) is 12.1 Å². The molecule has 0 saturated carbocycles. The number of hydrogen-bond donors (Lipinski definition) is 2. The van der Waals surface area contributed by atoms with Crippen LogP contribution in [-0.2, 0) is 13.3 Å². The molecule has 74 valence electrons. The quantitative estimate of drug-likeness (QED) is 0.729. The van der Waals surface area contributed by atoms with Crippen molar-refractivity contribution in [2.75, 3.05) is 0 Å². The van der Waals surface area contributed by atoms with Crippen molar-refractivity contribution in [2.24, 2.45) is 10.3 Å². The van der Waals surface area contributed by atoms with Gasteiger partial charge in [-0.2, -0.15) is 8.42 Å². The number of nitrogens with two attached hydrogens (primary N) is 2. The molecule has 4 N–H and O–H groups in total. The van der Waals surface area contributed by atoms with E-state index in [9.17, 15) is 11.5 Å². The minimum atomic E-state index is -3.67. The number of benzene rings is 1. The smallest absolute Gasteiger partial charge is 0.265 e. The van der Waals surface area contributed by atoms with Crippen molar-refractivity contribution < 1.29 is 11.5 Å². The SMILES string of the molecule is NS(N)(=O)=O.O=Ic1ccccc1. The van der Waals surface area contributed by atoms with Crippen molar-refractivity contribution in [1.29, 1.82) is 0 Å². The second-order valence-electron chi connectivity index (χ2n) is 1.96. The second-order valence-corrected chi connectivity index (χ2v) is 4.83. The molecule has 5 nitrogen and oxygen atoms in total. The summed E-state index contributed by atoms with van der Waals surface area (Å²) < 4.78 is 29.6. The molecule has 1 aromatic rings. The van der Waals surface area contributed by atoms with E-state index in [-0.39, 0.29) is 0 Å². The molecule has 0 aliphatic rings. The van der Waals surface area contributed by atoms with Gasteiger partial charge in [0.15, 0.2) is 21.2 Å². The van der Waals surface area contributed by atoms with Crippen molar-refractivity contribution in [2.45, 2.75) is 0 Å². The minimum absolute atomic E-state index is 0.941. The monoisotopic (exact) mass is 316 g/mol. The van der Waals surface area contributed by atoms with Crippen LogP contribution in [0.2, 0.25) is 0 Å². The van der Waals surface area contributed by atoms with Gasteiger partial charge >= 0.3 is 0 Å². The third-order valence-electron chi connectivity index (χ3n) is 0.822. The molecule has 0 saturated heterocycles. The van der Waals surface area contributed by atoms with E-state index in [4.69, 9.17) is 0 Å². The highest BCUT2D eigenvalue weighted by molar-refractivity contribution is 14.1. The normalized spacial score (nSPS) is 10.0. The van der Waals surface area contributed by atoms with E-state index in [0.29, 0.717) is 0 Å². The molecular weight excluding hydrogens is 307 g/mol. The summed E-state index contributed by atoms with van der Waals surface area (Å²) in [5.41, 5.74) is 0. The van der Waals surface area contributed by atoms with Crippen molar-refractivity contribution in [3.8, 4) is 0 Å².